The fourth-order valence-electron chi connectivity index (χ4n) is 9.72. The fraction of sp³-hybridized carbons (Fsp3) is 0.0612. The Morgan fingerprint density at radius 1 is 0.420 bits per heavy atom. The number of rotatable bonds is 2. The number of benzene rings is 8. The lowest BCUT2D eigenvalue weighted by molar-refractivity contribution is 0.438. The number of hydrogen-bond acceptors (Lipinski definition) is 1. The Morgan fingerprint density at radius 2 is 1.02 bits per heavy atom. The zero-order chi connectivity index (χ0) is 33.0. The van der Waals surface area contributed by atoms with E-state index in [1.54, 1.807) is 0 Å². The van der Waals surface area contributed by atoms with Gasteiger partial charge < -0.3 is 4.74 Å². The van der Waals surface area contributed by atoms with Gasteiger partial charge >= 0.3 is 0 Å². The molecule has 0 saturated carbocycles. The average Bonchev–Trinajstić information content (AvgIpc) is 3.63. The van der Waals surface area contributed by atoms with Gasteiger partial charge in [0.15, 0.2) is 0 Å². The van der Waals surface area contributed by atoms with E-state index in [1.165, 1.54) is 83.1 Å². The molecule has 234 valence electrons. The summed E-state index contributed by atoms with van der Waals surface area (Å²) in [6.45, 7) is 2.39. The van der Waals surface area contributed by atoms with Gasteiger partial charge in [-0.3, -0.25) is 0 Å². The zero-order valence-corrected chi connectivity index (χ0v) is 27.7. The van der Waals surface area contributed by atoms with Crippen LogP contribution in [0.4, 0.5) is 0 Å². The molecule has 2 aliphatic carbocycles. The molecule has 1 heteroatoms. The van der Waals surface area contributed by atoms with E-state index < -0.39 is 5.41 Å². The van der Waals surface area contributed by atoms with Crippen molar-refractivity contribution in [1.29, 1.82) is 0 Å². The summed E-state index contributed by atoms with van der Waals surface area (Å²) in [5, 5.41) is 2.44. The number of ether oxygens (including phenoxy) is 1. The van der Waals surface area contributed by atoms with Crippen LogP contribution in [-0.4, -0.2) is 0 Å². The Morgan fingerprint density at radius 3 is 1.80 bits per heavy atom. The second-order valence-corrected chi connectivity index (χ2v) is 14.1. The van der Waals surface area contributed by atoms with Crippen LogP contribution in [0.2, 0.25) is 0 Å². The first kappa shape index (κ1) is 27.7. The van der Waals surface area contributed by atoms with Crippen molar-refractivity contribution in [2.75, 3.05) is 0 Å². The van der Waals surface area contributed by atoms with Gasteiger partial charge in [0, 0.05) is 16.5 Å². The van der Waals surface area contributed by atoms with Crippen LogP contribution < -0.4 is 4.74 Å². The minimum Gasteiger partial charge on any atom is -0.457 e. The van der Waals surface area contributed by atoms with Crippen molar-refractivity contribution in [2.45, 2.75) is 17.8 Å². The van der Waals surface area contributed by atoms with Crippen LogP contribution in [0.25, 0.3) is 44.2 Å². The van der Waals surface area contributed by atoms with E-state index in [0.29, 0.717) is 0 Å². The van der Waals surface area contributed by atoms with Gasteiger partial charge in [0.2, 0.25) is 0 Å². The summed E-state index contributed by atoms with van der Waals surface area (Å²) in [7, 11) is 0. The van der Waals surface area contributed by atoms with E-state index >= 15 is 0 Å². The summed E-state index contributed by atoms with van der Waals surface area (Å²) < 4.78 is 6.93. The molecule has 0 N–H and O–H groups in total. The molecule has 1 nitrogen and oxygen atoms in total. The summed E-state index contributed by atoms with van der Waals surface area (Å²) in [5.74, 6) is 1.83. The number of hydrogen-bond donors (Lipinski definition) is 0. The van der Waals surface area contributed by atoms with E-state index in [0.717, 1.165) is 11.5 Å². The van der Waals surface area contributed by atoms with Crippen LogP contribution in [0.1, 0.15) is 45.9 Å². The Hall–Kier alpha value is -6.18. The maximum Gasteiger partial charge on any atom is 0.132 e. The first-order valence-corrected chi connectivity index (χ1v) is 17.5. The molecule has 0 amide bonds. The van der Waals surface area contributed by atoms with Gasteiger partial charge in [-0.15, -0.1) is 0 Å². The van der Waals surface area contributed by atoms with E-state index in [4.69, 9.17) is 4.74 Å². The van der Waals surface area contributed by atoms with Crippen LogP contribution in [0.3, 0.4) is 0 Å². The standard InChI is InChI=1S/C49H32O/c1-48(33-15-3-2-4-16-33)39-22-10-9-20-38(39)46-34(21-13-25-42(46)48)32-27-28-44-43(30-32)49(47-35-17-6-5-14-31(35)26-29-45(47)50-44)40-23-11-7-18-36(40)37-19-8-12-24-41(37)49/h2-30H,1H3. The lowest BCUT2D eigenvalue weighted by atomic mass is 9.64. The number of fused-ring (bicyclic) bond motifs is 14. The molecule has 1 spiro atoms. The molecule has 1 heterocycles. The summed E-state index contributed by atoms with van der Waals surface area (Å²) in [6.07, 6.45) is 0. The Balaban J connectivity index is 1.23. The van der Waals surface area contributed by atoms with Crippen LogP contribution in [0.15, 0.2) is 176 Å². The Kier molecular flexibility index (Phi) is 5.51. The topological polar surface area (TPSA) is 9.23 Å². The maximum absolute atomic E-state index is 6.93. The molecule has 1 unspecified atom stereocenters. The predicted molar refractivity (Wildman–Crippen MR) is 204 cm³/mol. The van der Waals surface area contributed by atoms with Crippen LogP contribution in [-0.2, 0) is 10.8 Å². The van der Waals surface area contributed by atoms with Crippen LogP contribution in [0, 0.1) is 0 Å². The van der Waals surface area contributed by atoms with Crippen molar-refractivity contribution in [3.05, 3.63) is 215 Å². The van der Waals surface area contributed by atoms with Crippen molar-refractivity contribution in [1.82, 2.24) is 0 Å². The van der Waals surface area contributed by atoms with E-state index in [9.17, 15) is 0 Å². The third-order valence-electron chi connectivity index (χ3n) is 11.8. The molecule has 8 aromatic rings. The summed E-state index contributed by atoms with van der Waals surface area (Å²) in [4.78, 5) is 0. The third-order valence-corrected chi connectivity index (χ3v) is 11.8. The SMILES string of the molecule is CC1(c2ccccc2)c2ccccc2-c2c(-c3ccc4c(c3)C3(c5ccccc5-c5ccccc53)c3c(ccc5ccccc35)O4)cccc21. The molecule has 0 bridgehead atoms. The highest BCUT2D eigenvalue weighted by molar-refractivity contribution is 5.99. The van der Waals surface area contributed by atoms with Gasteiger partial charge in [-0.05, 0) is 97.1 Å². The highest BCUT2D eigenvalue weighted by atomic mass is 16.5. The third kappa shape index (κ3) is 3.37. The zero-order valence-electron chi connectivity index (χ0n) is 27.7. The van der Waals surface area contributed by atoms with Crippen LogP contribution >= 0.6 is 0 Å². The first-order chi connectivity index (χ1) is 24.7. The van der Waals surface area contributed by atoms with Gasteiger partial charge in [-0.2, -0.15) is 0 Å². The second kappa shape index (κ2) is 9.94. The molecular weight excluding hydrogens is 605 g/mol. The molecule has 8 aromatic carbocycles. The van der Waals surface area contributed by atoms with Crippen molar-refractivity contribution in [3.63, 3.8) is 0 Å². The van der Waals surface area contributed by atoms with E-state index in [1.807, 2.05) is 0 Å². The highest BCUT2D eigenvalue weighted by Gasteiger charge is 2.52. The lowest BCUT2D eigenvalue weighted by Gasteiger charge is -2.40. The van der Waals surface area contributed by atoms with Crippen molar-refractivity contribution in [2.24, 2.45) is 0 Å². The minimum atomic E-state index is -0.554. The molecule has 50 heavy (non-hydrogen) atoms. The van der Waals surface area contributed by atoms with Gasteiger partial charge in [-0.1, -0.05) is 158 Å². The van der Waals surface area contributed by atoms with Crippen molar-refractivity contribution in [3.8, 4) is 44.9 Å². The molecule has 1 aliphatic heterocycles. The largest absolute Gasteiger partial charge is 0.457 e. The monoisotopic (exact) mass is 636 g/mol. The molecule has 11 rings (SSSR count). The molecule has 0 aromatic heterocycles. The van der Waals surface area contributed by atoms with Gasteiger partial charge in [-0.25, -0.2) is 0 Å². The van der Waals surface area contributed by atoms with Crippen molar-refractivity contribution >= 4 is 10.8 Å². The molecule has 0 radical (unpaired) electrons. The fourth-order valence-corrected chi connectivity index (χ4v) is 9.72. The second-order valence-electron chi connectivity index (χ2n) is 14.1. The molecule has 0 saturated heterocycles. The average molecular weight is 637 g/mol. The maximum atomic E-state index is 6.93. The Bertz CT molecular complexity index is 2660. The molecule has 0 fully saturated rings. The summed E-state index contributed by atoms with van der Waals surface area (Å²) in [6, 6.07) is 64.9. The smallest absolute Gasteiger partial charge is 0.132 e. The molecule has 1 atom stereocenters. The summed E-state index contributed by atoms with van der Waals surface area (Å²) in [5.41, 5.74) is 15.8. The minimum absolute atomic E-state index is 0.261. The summed E-state index contributed by atoms with van der Waals surface area (Å²) >= 11 is 0. The normalized spacial score (nSPS) is 16.9. The first-order valence-electron chi connectivity index (χ1n) is 17.5. The quantitative estimate of drug-likeness (QED) is 0.183. The predicted octanol–water partition coefficient (Wildman–Crippen LogP) is 12.3. The molecular formula is C49H32O. The van der Waals surface area contributed by atoms with Crippen LogP contribution in [0.5, 0.6) is 11.5 Å². The van der Waals surface area contributed by atoms with Gasteiger partial charge in [0.25, 0.3) is 0 Å². The van der Waals surface area contributed by atoms with Gasteiger partial charge in [0.1, 0.15) is 11.5 Å². The molecule has 3 aliphatic rings. The van der Waals surface area contributed by atoms with Crippen molar-refractivity contribution < 1.29 is 4.74 Å². The van der Waals surface area contributed by atoms with E-state index in [2.05, 4.69) is 183 Å². The Labute approximate surface area is 292 Å². The van der Waals surface area contributed by atoms with Gasteiger partial charge in [0.05, 0.1) is 5.41 Å². The highest BCUT2D eigenvalue weighted by Crippen LogP contribution is 2.64. The lowest BCUT2D eigenvalue weighted by Crippen LogP contribution is -2.32. The van der Waals surface area contributed by atoms with E-state index in [-0.39, 0.29) is 5.41 Å².